The van der Waals surface area contributed by atoms with Gasteiger partial charge in [-0.3, -0.25) is 14.9 Å². The average molecular weight is 356 g/mol. The zero-order valence-corrected chi connectivity index (χ0v) is 14.9. The number of carbonyl (C=O) groups excluding carboxylic acids is 2. The minimum atomic E-state index is -0.316. The highest BCUT2D eigenvalue weighted by molar-refractivity contribution is 6.00. The van der Waals surface area contributed by atoms with Crippen LogP contribution in [0.15, 0.2) is 28.7 Å². The molecule has 0 bridgehead atoms. The molecule has 0 fully saturated rings. The second-order valence-corrected chi connectivity index (χ2v) is 5.58. The van der Waals surface area contributed by atoms with Gasteiger partial charge in [0.15, 0.2) is 5.78 Å². The van der Waals surface area contributed by atoms with Gasteiger partial charge in [0, 0.05) is 6.42 Å². The molecule has 2 rings (SSSR count). The maximum atomic E-state index is 12.0. The molecule has 1 aromatic heterocycles. The van der Waals surface area contributed by atoms with Crippen LogP contribution in [0.3, 0.4) is 0 Å². The van der Waals surface area contributed by atoms with Crippen molar-refractivity contribution in [2.45, 2.75) is 26.7 Å². The van der Waals surface area contributed by atoms with Crippen LogP contribution >= 0.6 is 0 Å². The first-order valence-electron chi connectivity index (χ1n) is 8.07. The molecule has 7 heteroatoms. The Morgan fingerprint density at radius 1 is 1.23 bits per heavy atom. The van der Waals surface area contributed by atoms with Gasteiger partial charge >= 0.3 is 0 Å². The van der Waals surface area contributed by atoms with Crippen molar-refractivity contribution in [1.29, 1.82) is 5.26 Å². The van der Waals surface area contributed by atoms with Gasteiger partial charge in [-0.2, -0.15) is 5.26 Å². The number of anilines is 1. The van der Waals surface area contributed by atoms with Gasteiger partial charge in [-0.05, 0) is 44.5 Å². The molecule has 1 N–H and O–H groups in total. The number of aryl methyl sites for hydroxylation is 1. The third-order valence-corrected chi connectivity index (χ3v) is 3.68. The fraction of sp³-hybridized carbons (Fsp3) is 0.316. The number of nitrogens with zero attached hydrogens (tertiary/aromatic N) is 1. The molecule has 0 aliphatic rings. The monoisotopic (exact) mass is 356 g/mol. The van der Waals surface area contributed by atoms with Gasteiger partial charge < -0.3 is 13.9 Å². The van der Waals surface area contributed by atoms with E-state index in [0.29, 0.717) is 24.5 Å². The Kier molecular flexibility index (Phi) is 6.39. The SMILES string of the molecule is COc1ccc(OCCCC(=O)Nc2oc(C)c(C(C)=O)c2C#N)cc1. The third-order valence-electron chi connectivity index (χ3n) is 3.68. The van der Waals surface area contributed by atoms with Crippen LogP contribution in [0.5, 0.6) is 11.5 Å². The molecule has 0 aliphatic heterocycles. The molecule has 0 radical (unpaired) electrons. The smallest absolute Gasteiger partial charge is 0.226 e. The number of amides is 1. The van der Waals surface area contributed by atoms with Gasteiger partial charge in [-0.1, -0.05) is 0 Å². The molecular weight excluding hydrogens is 336 g/mol. The molecule has 1 aromatic carbocycles. The molecule has 0 saturated heterocycles. The first kappa shape index (κ1) is 19.1. The van der Waals surface area contributed by atoms with Crippen molar-refractivity contribution in [3.05, 3.63) is 41.2 Å². The van der Waals surface area contributed by atoms with Crippen molar-refractivity contribution >= 4 is 17.6 Å². The topological polar surface area (TPSA) is 102 Å². The van der Waals surface area contributed by atoms with Crippen molar-refractivity contribution in [2.75, 3.05) is 19.0 Å². The van der Waals surface area contributed by atoms with Crippen molar-refractivity contribution < 1.29 is 23.5 Å². The Labute approximate surface area is 151 Å². The van der Waals surface area contributed by atoms with E-state index in [2.05, 4.69) is 5.32 Å². The number of ether oxygens (including phenoxy) is 2. The Morgan fingerprint density at radius 3 is 2.46 bits per heavy atom. The lowest BCUT2D eigenvalue weighted by Gasteiger charge is -2.07. The maximum absolute atomic E-state index is 12.0. The van der Waals surface area contributed by atoms with Crippen molar-refractivity contribution in [3.63, 3.8) is 0 Å². The summed E-state index contributed by atoms with van der Waals surface area (Å²) in [4.78, 5) is 23.6. The van der Waals surface area contributed by atoms with E-state index in [9.17, 15) is 14.9 Å². The number of nitriles is 1. The summed E-state index contributed by atoms with van der Waals surface area (Å²) in [5.74, 6) is 1.15. The third kappa shape index (κ3) is 4.63. The molecule has 0 spiro atoms. The Hall–Kier alpha value is -3.27. The molecule has 7 nitrogen and oxygen atoms in total. The summed E-state index contributed by atoms with van der Waals surface area (Å²) in [5.41, 5.74) is 0.253. The van der Waals surface area contributed by atoms with Crippen LogP contribution in [0.1, 0.15) is 41.4 Å². The molecule has 0 atom stereocenters. The largest absolute Gasteiger partial charge is 0.497 e. The normalized spacial score (nSPS) is 10.1. The summed E-state index contributed by atoms with van der Waals surface area (Å²) in [6, 6.07) is 9.05. The van der Waals surface area contributed by atoms with Crippen LogP contribution in [-0.2, 0) is 4.79 Å². The molecule has 0 aliphatic carbocycles. The van der Waals surface area contributed by atoms with Crippen LogP contribution < -0.4 is 14.8 Å². The van der Waals surface area contributed by atoms with E-state index in [1.807, 2.05) is 6.07 Å². The maximum Gasteiger partial charge on any atom is 0.226 e. The summed E-state index contributed by atoms with van der Waals surface area (Å²) in [7, 11) is 1.59. The van der Waals surface area contributed by atoms with Crippen molar-refractivity contribution in [2.24, 2.45) is 0 Å². The first-order valence-corrected chi connectivity index (χ1v) is 8.07. The molecule has 1 amide bonds. The highest BCUT2D eigenvalue weighted by Gasteiger charge is 2.22. The number of hydrogen-bond acceptors (Lipinski definition) is 6. The summed E-state index contributed by atoms with van der Waals surface area (Å²) in [5, 5.41) is 11.7. The zero-order valence-electron chi connectivity index (χ0n) is 14.9. The summed E-state index contributed by atoms with van der Waals surface area (Å²) in [6.07, 6.45) is 0.676. The Bertz CT molecular complexity index is 831. The number of nitrogens with one attached hydrogen (secondary N) is 1. The predicted octanol–water partition coefficient (Wildman–Crippen LogP) is 3.47. The van der Waals surface area contributed by atoms with Gasteiger partial charge in [-0.15, -0.1) is 0 Å². The number of Topliss-reactive ketones (excluding diaryl/α,β-unsaturated/α-hetero) is 1. The minimum absolute atomic E-state index is 0.0104. The van der Waals surface area contributed by atoms with Gasteiger partial charge in [0.05, 0.1) is 19.3 Å². The lowest BCUT2D eigenvalue weighted by Crippen LogP contribution is -2.13. The van der Waals surface area contributed by atoms with Crippen LogP contribution in [-0.4, -0.2) is 25.4 Å². The van der Waals surface area contributed by atoms with Crippen molar-refractivity contribution in [3.8, 4) is 17.6 Å². The number of furan rings is 1. The van der Waals surface area contributed by atoms with Gasteiger partial charge in [0.2, 0.25) is 11.8 Å². The number of ketones is 1. The van der Waals surface area contributed by atoms with E-state index in [4.69, 9.17) is 13.9 Å². The molecule has 136 valence electrons. The Balaban J connectivity index is 1.85. The first-order chi connectivity index (χ1) is 12.5. The number of rotatable bonds is 8. The highest BCUT2D eigenvalue weighted by atomic mass is 16.5. The van der Waals surface area contributed by atoms with E-state index in [1.54, 1.807) is 38.3 Å². The molecule has 26 heavy (non-hydrogen) atoms. The van der Waals surface area contributed by atoms with Crippen molar-refractivity contribution in [1.82, 2.24) is 0 Å². The summed E-state index contributed by atoms with van der Waals surface area (Å²) < 4.78 is 16.0. The summed E-state index contributed by atoms with van der Waals surface area (Å²) >= 11 is 0. The van der Waals surface area contributed by atoms with Crippen LogP contribution in [0, 0.1) is 18.3 Å². The second-order valence-electron chi connectivity index (χ2n) is 5.58. The average Bonchev–Trinajstić information content (AvgIpc) is 2.94. The van der Waals surface area contributed by atoms with Crippen LogP contribution in [0.4, 0.5) is 5.88 Å². The van der Waals surface area contributed by atoms with E-state index < -0.39 is 0 Å². The molecule has 0 saturated carbocycles. The van der Waals surface area contributed by atoms with E-state index in [0.717, 1.165) is 5.75 Å². The standard InChI is InChI=1S/C19H20N2O5/c1-12(22)18-13(2)26-19(16(18)11-20)21-17(23)5-4-10-25-15-8-6-14(24-3)7-9-15/h6-9H,4-5,10H2,1-3H3,(H,21,23). The number of hydrogen-bond donors (Lipinski definition) is 1. The summed E-state index contributed by atoms with van der Waals surface area (Å²) in [6.45, 7) is 3.29. The molecule has 0 unspecified atom stereocenters. The number of benzene rings is 1. The Morgan fingerprint density at radius 2 is 1.88 bits per heavy atom. The van der Waals surface area contributed by atoms with Gasteiger partial charge in [0.1, 0.15) is 28.9 Å². The quantitative estimate of drug-likeness (QED) is 0.574. The molecule has 1 heterocycles. The lowest BCUT2D eigenvalue weighted by molar-refractivity contribution is -0.116. The predicted molar refractivity (Wildman–Crippen MR) is 94.5 cm³/mol. The van der Waals surface area contributed by atoms with E-state index >= 15 is 0 Å². The van der Waals surface area contributed by atoms with Crippen LogP contribution in [0.25, 0.3) is 0 Å². The van der Waals surface area contributed by atoms with E-state index in [1.165, 1.54) is 6.92 Å². The fourth-order valence-electron chi connectivity index (χ4n) is 2.45. The van der Waals surface area contributed by atoms with E-state index in [-0.39, 0.29) is 35.1 Å². The van der Waals surface area contributed by atoms with Gasteiger partial charge in [0.25, 0.3) is 0 Å². The fourth-order valence-corrected chi connectivity index (χ4v) is 2.45. The van der Waals surface area contributed by atoms with Crippen LogP contribution in [0.2, 0.25) is 0 Å². The zero-order chi connectivity index (χ0) is 19.1. The number of methoxy groups -OCH3 is 1. The number of carbonyl (C=O) groups is 2. The minimum Gasteiger partial charge on any atom is -0.497 e. The molecule has 2 aromatic rings. The lowest BCUT2D eigenvalue weighted by atomic mass is 10.1. The molecular formula is C19H20N2O5. The second kappa shape index (κ2) is 8.72. The highest BCUT2D eigenvalue weighted by Crippen LogP contribution is 2.27. The van der Waals surface area contributed by atoms with Gasteiger partial charge in [-0.25, -0.2) is 0 Å².